The molecule has 0 aliphatic heterocycles. The highest BCUT2D eigenvalue weighted by atomic mass is 16.3. The zero-order valence-corrected chi connectivity index (χ0v) is 16.4. The van der Waals surface area contributed by atoms with E-state index in [-0.39, 0.29) is 6.04 Å². The van der Waals surface area contributed by atoms with Gasteiger partial charge in [-0.15, -0.1) is 0 Å². The molecule has 2 aliphatic rings. The minimum absolute atomic E-state index is 0.285. The molecule has 0 amide bonds. The number of nitrogens with one attached hydrogen (secondary N) is 2. The lowest BCUT2D eigenvalue weighted by atomic mass is 9.64. The number of nitrogens with zero attached hydrogens (tertiary/aromatic N) is 3. The summed E-state index contributed by atoms with van der Waals surface area (Å²) in [6.07, 6.45) is 8.34. The third-order valence-corrected chi connectivity index (χ3v) is 6.29. The van der Waals surface area contributed by atoms with Crippen LogP contribution in [-0.2, 0) is 6.54 Å². The van der Waals surface area contributed by atoms with Crippen LogP contribution in [0.1, 0.15) is 50.2 Å². The van der Waals surface area contributed by atoms with Crippen molar-refractivity contribution in [3.05, 3.63) is 23.5 Å². The first kappa shape index (κ1) is 18.3. The van der Waals surface area contributed by atoms with E-state index >= 15 is 0 Å². The fraction of sp³-hybridized carbons (Fsp3) is 0.619. The Morgan fingerprint density at radius 3 is 3.00 bits per heavy atom. The molecule has 3 N–H and O–H groups in total. The lowest BCUT2D eigenvalue weighted by molar-refractivity contribution is -0.0677. The van der Waals surface area contributed by atoms with Gasteiger partial charge in [-0.05, 0) is 63.6 Å². The van der Waals surface area contributed by atoms with Crippen LogP contribution in [0.15, 0.2) is 12.4 Å². The van der Waals surface area contributed by atoms with Gasteiger partial charge in [0.1, 0.15) is 11.7 Å². The normalized spacial score (nSPS) is 30.4. The van der Waals surface area contributed by atoms with Crippen molar-refractivity contribution in [2.24, 2.45) is 11.8 Å². The molecule has 2 fully saturated rings. The van der Waals surface area contributed by atoms with Gasteiger partial charge < -0.3 is 20.3 Å². The maximum atomic E-state index is 10.8. The van der Waals surface area contributed by atoms with Gasteiger partial charge in [-0.25, -0.2) is 4.98 Å². The zero-order chi connectivity index (χ0) is 19.2. The van der Waals surface area contributed by atoms with E-state index in [1.165, 1.54) is 0 Å². The van der Waals surface area contributed by atoms with E-state index < -0.39 is 5.60 Å². The first-order chi connectivity index (χ1) is 12.9. The van der Waals surface area contributed by atoms with Crippen molar-refractivity contribution in [3.8, 4) is 6.07 Å². The summed E-state index contributed by atoms with van der Waals surface area (Å²) >= 11 is 0. The molecule has 0 aromatic carbocycles. The molecule has 2 aromatic rings. The van der Waals surface area contributed by atoms with Crippen LogP contribution in [0, 0.1) is 23.2 Å². The Hall–Kier alpha value is -2.10. The Labute approximate surface area is 160 Å². The summed E-state index contributed by atoms with van der Waals surface area (Å²) in [5.41, 5.74) is 2.96. The molecule has 2 heterocycles. The molecule has 2 aromatic heterocycles. The number of rotatable bonds is 4. The van der Waals surface area contributed by atoms with Crippen LogP contribution in [0.4, 0.5) is 5.69 Å². The number of hydrogen-bond acceptors (Lipinski definition) is 5. The first-order valence-corrected chi connectivity index (χ1v) is 9.91. The minimum atomic E-state index is -0.490. The fourth-order valence-electron chi connectivity index (χ4n) is 5.31. The van der Waals surface area contributed by atoms with Crippen molar-refractivity contribution in [3.63, 3.8) is 0 Å². The van der Waals surface area contributed by atoms with Crippen molar-refractivity contribution in [2.45, 2.75) is 57.2 Å². The quantitative estimate of drug-likeness (QED) is 0.772. The van der Waals surface area contributed by atoms with E-state index in [9.17, 15) is 10.4 Å². The maximum Gasteiger partial charge on any atom is 0.139 e. The standard InChI is InChI=1S/C21H29N5O/c1-13-6-14-8-21(27,7-13)5-4-17(14)25-19-15(9-22)10-23-20-18(19)16(11-24-20)12-26(2)3/h10-11,13-14,17,27H,4-8,12H2,1-3H3,(H2,23,24,25)/t13?,14-,17-,21-/m0/s1. The van der Waals surface area contributed by atoms with Crippen molar-refractivity contribution >= 4 is 16.7 Å². The molecule has 2 saturated carbocycles. The number of hydrogen-bond donors (Lipinski definition) is 3. The molecule has 6 heteroatoms. The summed E-state index contributed by atoms with van der Waals surface area (Å²) in [4.78, 5) is 9.81. The number of nitriles is 1. The highest BCUT2D eigenvalue weighted by Crippen LogP contribution is 2.46. The number of H-pyrrole nitrogens is 1. The third kappa shape index (κ3) is 3.42. The van der Waals surface area contributed by atoms with Crippen LogP contribution >= 0.6 is 0 Å². The molecule has 4 rings (SSSR count). The maximum absolute atomic E-state index is 10.8. The SMILES string of the molecule is CC1C[C@H]2C[C@](O)(CC[C@@H]2Nc2c(C#N)cnc3[nH]cc(CN(C)C)c23)C1. The predicted octanol–water partition coefficient (Wildman–Crippen LogP) is 3.24. The average Bonchev–Trinajstić information content (AvgIpc) is 2.99. The Morgan fingerprint density at radius 1 is 1.44 bits per heavy atom. The van der Waals surface area contributed by atoms with Gasteiger partial charge in [0.25, 0.3) is 0 Å². The summed E-state index contributed by atoms with van der Waals surface area (Å²) < 4.78 is 0. The number of aliphatic hydroxyl groups is 1. The van der Waals surface area contributed by atoms with Crippen LogP contribution in [-0.4, -0.2) is 45.7 Å². The monoisotopic (exact) mass is 367 g/mol. The molecule has 0 saturated heterocycles. The lowest BCUT2D eigenvalue weighted by Crippen LogP contribution is -2.49. The van der Waals surface area contributed by atoms with Gasteiger partial charge in [-0.1, -0.05) is 6.92 Å². The van der Waals surface area contributed by atoms with Gasteiger partial charge in [0.15, 0.2) is 0 Å². The zero-order valence-electron chi connectivity index (χ0n) is 16.4. The smallest absolute Gasteiger partial charge is 0.139 e. The minimum Gasteiger partial charge on any atom is -0.390 e. The largest absolute Gasteiger partial charge is 0.390 e. The molecule has 2 aliphatic carbocycles. The van der Waals surface area contributed by atoms with Crippen LogP contribution in [0.2, 0.25) is 0 Å². The van der Waals surface area contributed by atoms with Gasteiger partial charge in [0.2, 0.25) is 0 Å². The van der Waals surface area contributed by atoms with Crippen LogP contribution < -0.4 is 5.32 Å². The van der Waals surface area contributed by atoms with E-state index in [0.29, 0.717) is 17.4 Å². The van der Waals surface area contributed by atoms with E-state index in [0.717, 1.165) is 60.9 Å². The van der Waals surface area contributed by atoms with Gasteiger partial charge >= 0.3 is 0 Å². The second-order valence-corrected chi connectivity index (χ2v) is 8.96. The number of anilines is 1. The molecule has 6 nitrogen and oxygen atoms in total. The Kier molecular flexibility index (Phi) is 4.61. The molecular weight excluding hydrogens is 338 g/mol. The molecule has 27 heavy (non-hydrogen) atoms. The van der Waals surface area contributed by atoms with Crippen LogP contribution in [0.5, 0.6) is 0 Å². The summed E-state index contributed by atoms with van der Waals surface area (Å²) in [6.45, 7) is 3.03. The fourth-order valence-corrected chi connectivity index (χ4v) is 5.31. The molecule has 0 radical (unpaired) electrons. The Balaban J connectivity index is 1.71. The predicted molar refractivity (Wildman–Crippen MR) is 106 cm³/mol. The molecule has 0 spiro atoms. The average molecular weight is 367 g/mol. The van der Waals surface area contributed by atoms with E-state index in [1.54, 1.807) is 6.20 Å². The molecular formula is C21H29N5O. The van der Waals surface area contributed by atoms with Crippen LogP contribution in [0.25, 0.3) is 11.0 Å². The first-order valence-electron chi connectivity index (χ1n) is 9.91. The van der Waals surface area contributed by atoms with Gasteiger partial charge in [-0.3, -0.25) is 0 Å². The lowest BCUT2D eigenvalue weighted by Gasteiger charge is -2.48. The van der Waals surface area contributed by atoms with Gasteiger partial charge in [0, 0.05) is 30.4 Å². The Bertz CT molecular complexity index is 883. The number of fused-ring (bicyclic) bond motifs is 3. The highest BCUT2D eigenvalue weighted by molar-refractivity contribution is 5.95. The van der Waals surface area contributed by atoms with Gasteiger partial charge in [0.05, 0.1) is 16.9 Å². The van der Waals surface area contributed by atoms with E-state index in [1.807, 2.05) is 20.3 Å². The van der Waals surface area contributed by atoms with E-state index in [4.69, 9.17) is 0 Å². The molecule has 1 unspecified atom stereocenters. The highest BCUT2D eigenvalue weighted by Gasteiger charge is 2.44. The summed E-state index contributed by atoms with van der Waals surface area (Å²) in [7, 11) is 4.08. The van der Waals surface area contributed by atoms with Gasteiger partial charge in [-0.2, -0.15) is 5.26 Å². The second-order valence-electron chi connectivity index (χ2n) is 8.96. The number of pyridine rings is 1. The molecule has 4 atom stereocenters. The van der Waals surface area contributed by atoms with Crippen molar-refractivity contribution < 1.29 is 5.11 Å². The summed E-state index contributed by atoms with van der Waals surface area (Å²) in [5.74, 6) is 0.987. The number of aromatic amines is 1. The second kappa shape index (κ2) is 6.81. The summed E-state index contributed by atoms with van der Waals surface area (Å²) in [5, 5.41) is 25.3. The molecule has 144 valence electrons. The third-order valence-electron chi connectivity index (χ3n) is 6.29. The van der Waals surface area contributed by atoms with E-state index in [2.05, 4.69) is 33.2 Å². The van der Waals surface area contributed by atoms with Crippen LogP contribution in [0.3, 0.4) is 0 Å². The topological polar surface area (TPSA) is 88.0 Å². The Morgan fingerprint density at radius 2 is 2.26 bits per heavy atom. The number of aromatic nitrogens is 2. The van der Waals surface area contributed by atoms with Crippen molar-refractivity contribution in [1.82, 2.24) is 14.9 Å². The molecule has 2 bridgehead atoms. The van der Waals surface area contributed by atoms with Crippen molar-refractivity contribution in [1.29, 1.82) is 5.26 Å². The van der Waals surface area contributed by atoms with Crippen molar-refractivity contribution in [2.75, 3.05) is 19.4 Å². The summed E-state index contributed by atoms with van der Waals surface area (Å²) in [6, 6.07) is 2.60.